The summed E-state index contributed by atoms with van der Waals surface area (Å²) in [6.07, 6.45) is 4.99. The van der Waals surface area contributed by atoms with E-state index < -0.39 is 0 Å². The molecule has 0 N–H and O–H groups in total. The van der Waals surface area contributed by atoms with Gasteiger partial charge in [-0.05, 0) is 11.6 Å². The van der Waals surface area contributed by atoms with Gasteiger partial charge in [-0.25, -0.2) is 0 Å². The molecule has 1 aromatic carbocycles. The minimum atomic E-state index is 0. The molecule has 0 amide bonds. The molecule has 0 bridgehead atoms. The van der Waals surface area contributed by atoms with Crippen LogP contribution in [0.1, 0.15) is 11.3 Å². The lowest BCUT2D eigenvalue weighted by atomic mass is 10.1. The summed E-state index contributed by atoms with van der Waals surface area (Å²) in [7, 11) is 0. The molecule has 17 heavy (non-hydrogen) atoms. The topological polar surface area (TPSA) is 3.88 Å². The molecular weight excluding hydrogens is 321 g/mol. The summed E-state index contributed by atoms with van der Waals surface area (Å²) in [5.41, 5.74) is 2.65. The Morgan fingerprint density at radius 1 is 1.00 bits per heavy atom. The van der Waals surface area contributed by atoms with E-state index in [1.54, 1.807) is 0 Å². The SMILES string of the molecule is C=CC[n+]1ccccc1Cc1ccccc1.[I-]. The first-order chi connectivity index (χ1) is 7.90. The van der Waals surface area contributed by atoms with Gasteiger partial charge in [0.2, 0.25) is 0 Å². The average Bonchev–Trinajstić information content (AvgIpc) is 2.33. The zero-order chi connectivity index (χ0) is 11.2. The Balaban J connectivity index is 0.00000144. The lowest BCUT2D eigenvalue weighted by Crippen LogP contribution is -3.00. The second-order valence-corrected chi connectivity index (χ2v) is 3.80. The second kappa shape index (κ2) is 7.22. The quantitative estimate of drug-likeness (QED) is 0.412. The monoisotopic (exact) mass is 337 g/mol. The van der Waals surface area contributed by atoms with Gasteiger partial charge in [0.15, 0.2) is 18.4 Å². The Kier molecular flexibility index (Phi) is 5.91. The van der Waals surface area contributed by atoms with Gasteiger partial charge in [0.1, 0.15) is 0 Å². The largest absolute Gasteiger partial charge is 1.00 e. The van der Waals surface area contributed by atoms with Gasteiger partial charge < -0.3 is 24.0 Å². The zero-order valence-electron chi connectivity index (χ0n) is 9.72. The number of rotatable bonds is 4. The first-order valence-electron chi connectivity index (χ1n) is 5.52. The Hall–Kier alpha value is -1.16. The van der Waals surface area contributed by atoms with Crippen LogP contribution in [0.3, 0.4) is 0 Å². The predicted octanol–water partition coefficient (Wildman–Crippen LogP) is -0.245. The summed E-state index contributed by atoms with van der Waals surface area (Å²) in [6, 6.07) is 16.8. The van der Waals surface area contributed by atoms with Crippen LogP contribution in [0.4, 0.5) is 0 Å². The van der Waals surface area contributed by atoms with Crippen LogP contribution < -0.4 is 28.5 Å². The van der Waals surface area contributed by atoms with E-state index >= 15 is 0 Å². The predicted molar refractivity (Wildman–Crippen MR) is 66.1 cm³/mol. The Morgan fingerprint density at radius 2 is 1.71 bits per heavy atom. The van der Waals surface area contributed by atoms with Gasteiger partial charge in [-0.1, -0.05) is 43.0 Å². The average molecular weight is 337 g/mol. The van der Waals surface area contributed by atoms with Crippen molar-refractivity contribution in [1.82, 2.24) is 0 Å². The summed E-state index contributed by atoms with van der Waals surface area (Å²) >= 11 is 0. The van der Waals surface area contributed by atoms with Crippen LogP contribution >= 0.6 is 0 Å². The number of hydrogen-bond donors (Lipinski definition) is 0. The molecule has 2 rings (SSSR count). The van der Waals surface area contributed by atoms with Crippen molar-refractivity contribution in [2.45, 2.75) is 13.0 Å². The Morgan fingerprint density at radius 3 is 2.41 bits per heavy atom. The number of halogens is 1. The van der Waals surface area contributed by atoms with Crippen LogP contribution in [-0.2, 0) is 13.0 Å². The fourth-order valence-corrected chi connectivity index (χ4v) is 1.79. The highest BCUT2D eigenvalue weighted by atomic mass is 127. The Labute approximate surface area is 120 Å². The van der Waals surface area contributed by atoms with Crippen molar-refractivity contribution >= 4 is 0 Å². The summed E-state index contributed by atoms with van der Waals surface area (Å²) in [5, 5.41) is 0. The molecule has 2 aromatic rings. The van der Waals surface area contributed by atoms with E-state index in [-0.39, 0.29) is 24.0 Å². The molecule has 0 saturated heterocycles. The number of allylic oxidation sites excluding steroid dienone is 1. The van der Waals surface area contributed by atoms with Crippen LogP contribution in [0, 0.1) is 0 Å². The van der Waals surface area contributed by atoms with Gasteiger partial charge in [-0.15, -0.1) is 0 Å². The fourth-order valence-electron chi connectivity index (χ4n) is 1.79. The van der Waals surface area contributed by atoms with Gasteiger partial charge in [-0.3, -0.25) is 0 Å². The van der Waals surface area contributed by atoms with E-state index in [1.165, 1.54) is 11.3 Å². The number of aromatic nitrogens is 1. The molecule has 0 atom stereocenters. The third kappa shape index (κ3) is 3.97. The highest BCUT2D eigenvalue weighted by molar-refractivity contribution is 5.19. The van der Waals surface area contributed by atoms with Crippen LogP contribution in [0.25, 0.3) is 0 Å². The highest BCUT2D eigenvalue weighted by Crippen LogP contribution is 2.05. The minimum absolute atomic E-state index is 0. The van der Waals surface area contributed by atoms with Crippen molar-refractivity contribution in [2.75, 3.05) is 0 Å². The summed E-state index contributed by atoms with van der Waals surface area (Å²) < 4.78 is 2.22. The lowest BCUT2D eigenvalue weighted by Gasteiger charge is -2.02. The van der Waals surface area contributed by atoms with Crippen molar-refractivity contribution in [1.29, 1.82) is 0 Å². The normalized spacial score (nSPS) is 9.41. The Bertz CT molecular complexity index is 465. The van der Waals surface area contributed by atoms with E-state index in [0.717, 1.165) is 13.0 Å². The van der Waals surface area contributed by atoms with Crippen molar-refractivity contribution in [3.05, 3.63) is 78.6 Å². The molecule has 0 aliphatic heterocycles. The third-order valence-corrected chi connectivity index (χ3v) is 2.59. The summed E-state index contributed by atoms with van der Waals surface area (Å²) in [4.78, 5) is 0. The van der Waals surface area contributed by atoms with Gasteiger partial charge in [-0.2, -0.15) is 4.57 Å². The van der Waals surface area contributed by atoms with Gasteiger partial charge in [0.25, 0.3) is 0 Å². The number of nitrogens with zero attached hydrogens (tertiary/aromatic N) is 1. The molecule has 0 aliphatic rings. The number of pyridine rings is 1. The minimum Gasteiger partial charge on any atom is -1.00 e. The smallest absolute Gasteiger partial charge is 0.186 e. The maximum atomic E-state index is 3.78. The van der Waals surface area contributed by atoms with E-state index in [1.807, 2.05) is 12.1 Å². The molecule has 0 aliphatic carbocycles. The molecule has 1 heterocycles. The summed E-state index contributed by atoms with van der Waals surface area (Å²) in [6.45, 7) is 4.65. The van der Waals surface area contributed by atoms with Gasteiger partial charge >= 0.3 is 0 Å². The third-order valence-electron chi connectivity index (χ3n) is 2.59. The molecule has 0 fully saturated rings. The second-order valence-electron chi connectivity index (χ2n) is 3.80. The van der Waals surface area contributed by atoms with E-state index in [0.29, 0.717) is 0 Å². The van der Waals surface area contributed by atoms with E-state index in [2.05, 4.69) is 59.8 Å². The van der Waals surface area contributed by atoms with Crippen LogP contribution in [0.5, 0.6) is 0 Å². The van der Waals surface area contributed by atoms with E-state index in [4.69, 9.17) is 0 Å². The first kappa shape index (κ1) is 13.9. The zero-order valence-corrected chi connectivity index (χ0v) is 11.9. The molecule has 0 spiro atoms. The molecule has 88 valence electrons. The standard InChI is InChI=1S/C15H16N.HI/c1-2-11-16-12-7-6-10-15(16)13-14-8-4-3-5-9-14;/h2-10,12H,1,11,13H2;1H/q+1;/p-1. The number of hydrogen-bond acceptors (Lipinski definition) is 0. The van der Waals surface area contributed by atoms with Crippen LogP contribution in [0.15, 0.2) is 67.4 Å². The molecule has 1 nitrogen and oxygen atoms in total. The highest BCUT2D eigenvalue weighted by Gasteiger charge is 2.07. The van der Waals surface area contributed by atoms with Crippen molar-refractivity contribution < 1.29 is 28.5 Å². The molecule has 0 radical (unpaired) electrons. The molecule has 2 heteroatoms. The molecular formula is C15H16IN. The number of benzene rings is 1. The van der Waals surface area contributed by atoms with Crippen LogP contribution in [0.2, 0.25) is 0 Å². The van der Waals surface area contributed by atoms with Crippen molar-refractivity contribution in [3.8, 4) is 0 Å². The fraction of sp³-hybridized carbons (Fsp3) is 0.133. The lowest BCUT2D eigenvalue weighted by molar-refractivity contribution is -0.694. The van der Waals surface area contributed by atoms with Crippen LogP contribution in [-0.4, -0.2) is 0 Å². The van der Waals surface area contributed by atoms with Crippen molar-refractivity contribution in [3.63, 3.8) is 0 Å². The van der Waals surface area contributed by atoms with E-state index in [9.17, 15) is 0 Å². The first-order valence-corrected chi connectivity index (χ1v) is 5.52. The molecule has 0 unspecified atom stereocenters. The molecule has 0 saturated carbocycles. The van der Waals surface area contributed by atoms with Crippen molar-refractivity contribution in [2.24, 2.45) is 0 Å². The van der Waals surface area contributed by atoms with Gasteiger partial charge in [0, 0.05) is 12.1 Å². The summed E-state index contributed by atoms with van der Waals surface area (Å²) in [5.74, 6) is 0. The molecule has 1 aromatic heterocycles. The van der Waals surface area contributed by atoms with Gasteiger partial charge in [0.05, 0.1) is 6.42 Å². The maximum Gasteiger partial charge on any atom is 0.186 e. The maximum absolute atomic E-state index is 3.78.